The average molecular weight is 494 g/mol. The third-order valence-corrected chi connectivity index (χ3v) is 5.96. The lowest BCUT2D eigenvalue weighted by molar-refractivity contribution is 0.140. The van der Waals surface area contributed by atoms with E-state index >= 15 is 0 Å². The zero-order chi connectivity index (χ0) is 18.8. The Bertz CT molecular complexity index is 409. The average Bonchev–Trinajstić information content (AvgIpc) is 2.62. The molecule has 2 N–H and O–H groups in total. The number of hydrogen-bond donors (Lipinski definition) is 2. The molecule has 3 atom stereocenters. The Morgan fingerprint density at radius 1 is 1.15 bits per heavy atom. The van der Waals surface area contributed by atoms with Gasteiger partial charge >= 0.3 is 0 Å². The second-order valence-electron chi connectivity index (χ2n) is 8.78. The van der Waals surface area contributed by atoms with Crippen molar-refractivity contribution in [1.29, 1.82) is 0 Å². The molecule has 0 aromatic heterocycles. The molecule has 1 saturated heterocycles. The number of aliphatic imine (C=N–C) groups is 1. The van der Waals surface area contributed by atoms with Gasteiger partial charge in [0.2, 0.25) is 0 Å². The van der Waals surface area contributed by atoms with Gasteiger partial charge in [-0.15, -0.1) is 24.0 Å². The van der Waals surface area contributed by atoms with Gasteiger partial charge in [-0.05, 0) is 44.6 Å². The third-order valence-electron chi connectivity index (χ3n) is 5.96. The minimum atomic E-state index is 0. The molecule has 3 unspecified atom stereocenters. The summed E-state index contributed by atoms with van der Waals surface area (Å²) in [6.07, 6.45) is 6.97. The molecular formula is C21H44IN5. The Kier molecular flexibility index (Phi) is 12.9. The van der Waals surface area contributed by atoms with Crippen molar-refractivity contribution in [2.75, 3.05) is 59.4 Å². The van der Waals surface area contributed by atoms with Crippen LogP contribution >= 0.6 is 24.0 Å². The van der Waals surface area contributed by atoms with Crippen molar-refractivity contribution in [3.8, 4) is 0 Å². The highest BCUT2D eigenvalue weighted by molar-refractivity contribution is 14.0. The zero-order valence-electron chi connectivity index (χ0n) is 18.2. The van der Waals surface area contributed by atoms with Crippen LogP contribution in [0.4, 0.5) is 0 Å². The molecule has 1 saturated carbocycles. The van der Waals surface area contributed by atoms with Crippen LogP contribution in [0.1, 0.15) is 52.9 Å². The molecule has 2 fully saturated rings. The van der Waals surface area contributed by atoms with Crippen LogP contribution in [0.3, 0.4) is 0 Å². The number of guanidine groups is 1. The van der Waals surface area contributed by atoms with E-state index in [2.05, 4.69) is 48.3 Å². The number of nitrogens with one attached hydrogen (secondary N) is 2. The fraction of sp³-hybridized carbons (Fsp3) is 0.952. The molecule has 1 aliphatic heterocycles. The van der Waals surface area contributed by atoms with Gasteiger partial charge in [0.15, 0.2) is 5.96 Å². The van der Waals surface area contributed by atoms with Crippen LogP contribution < -0.4 is 10.6 Å². The van der Waals surface area contributed by atoms with E-state index in [1.54, 1.807) is 0 Å². The monoisotopic (exact) mass is 493 g/mol. The molecule has 27 heavy (non-hydrogen) atoms. The smallest absolute Gasteiger partial charge is 0.191 e. The van der Waals surface area contributed by atoms with Crippen LogP contribution in [0.15, 0.2) is 4.99 Å². The number of nitrogens with zero attached hydrogens (tertiary/aromatic N) is 3. The van der Waals surface area contributed by atoms with E-state index in [0.29, 0.717) is 5.92 Å². The van der Waals surface area contributed by atoms with Crippen LogP contribution in [0.25, 0.3) is 0 Å². The van der Waals surface area contributed by atoms with Gasteiger partial charge in [-0.3, -0.25) is 4.99 Å². The topological polar surface area (TPSA) is 42.9 Å². The number of rotatable bonds is 8. The van der Waals surface area contributed by atoms with Crippen LogP contribution in [-0.4, -0.2) is 75.2 Å². The molecule has 0 bridgehead atoms. The maximum atomic E-state index is 4.85. The molecule has 0 aromatic rings. The van der Waals surface area contributed by atoms with Gasteiger partial charge in [-0.2, -0.15) is 0 Å². The summed E-state index contributed by atoms with van der Waals surface area (Å²) in [5.74, 6) is 3.44. The maximum absolute atomic E-state index is 4.85. The van der Waals surface area contributed by atoms with E-state index in [-0.39, 0.29) is 24.0 Å². The van der Waals surface area contributed by atoms with E-state index in [4.69, 9.17) is 4.99 Å². The van der Waals surface area contributed by atoms with Crippen LogP contribution in [0.2, 0.25) is 0 Å². The molecule has 5 nitrogen and oxygen atoms in total. The molecule has 0 spiro atoms. The second-order valence-corrected chi connectivity index (χ2v) is 8.78. The van der Waals surface area contributed by atoms with E-state index in [0.717, 1.165) is 44.0 Å². The highest BCUT2D eigenvalue weighted by Crippen LogP contribution is 2.30. The Morgan fingerprint density at radius 3 is 2.56 bits per heavy atom. The lowest BCUT2D eigenvalue weighted by Gasteiger charge is -2.33. The maximum Gasteiger partial charge on any atom is 0.191 e. The van der Waals surface area contributed by atoms with Crippen molar-refractivity contribution < 1.29 is 0 Å². The van der Waals surface area contributed by atoms with Crippen LogP contribution in [-0.2, 0) is 0 Å². The summed E-state index contributed by atoms with van der Waals surface area (Å²) in [6, 6.07) is 0. The molecule has 2 aliphatic rings. The lowest BCUT2D eigenvalue weighted by Crippen LogP contribution is -2.46. The summed E-state index contributed by atoms with van der Waals surface area (Å²) in [5.41, 5.74) is 0. The van der Waals surface area contributed by atoms with Gasteiger partial charge in [0.05, 0.1) is 0 Å². The number of hydrogen-bond acceptors (Lipinski definition) is 3. The van der Waals surface area contributed by atoms with E-state index in [9.17, 15) is 0 Å². The normalized spacial score (nSPS) is 26.3. The van der Waals surface area contributed by atoms with Gasteiger partial charge in [-0.1, -0.05) is 33.1 Å². The minimum Gasteiger partial charge on any atom is -0.357 e. The van der Waals surface area contributed by atoms with Gasteiger partial charge in [-0.25, -0.2) is 0 Å². The number of piperazine rings is 1. The molecule has 0 amide bonds. The standard InChI is InChI=1S/C21H43N5.HI/c1-5-22-21(23-10-9-20-8-6-7-18(2)15-20)24-16-19(3)17-26-13-11-25(4)12-14-26;/h18-20H,5-17H2,1-4H3,(H2,22,23,24);1H. The molecule has 1 aliphatic carbocycles. The molecule has 2 rings (SSSR count). The fourth-order valence-electron chi connectivity index (χ4n) is 4.33. The van der Waals surface area contributed by atoms with Gasteiger partial charge in [0.1, 0.15) is 0 Å². The molecule has 6 heteroatoms. The first-order chi connectivity index (χ1) is 12.6. The lowest BCUT2D eigenvalue weighted by atomic mass is 9.81. The van der Waals surface area contributed by atoms with E-state index in [1.165, 1.54) is 58.3 Å². The zero-order valence-corrected chi connectivity index (χ0v) is 20.5. The summed E-state index contributed by atoms with van der Waals surface area (Å²) in [6.45, 7) is 15.7. The van der Waals surface area contributed by atoms with Gasteiger partial charge in [0, 0.05) is 52.4 Å². The van der Waals surface area contributed by atoms with Crippen molar-refractivity contribution in [1.82, 2.24) is 20.4 Å². The third kappa shape index (κ3) is 10.3. The summed E-state index contributed by atoms with van der Waals surface area (Å²) in [4.78, 5) is 9.85. The number of halogens is 1. The molecule has 0 aromatic carbocycles. The Labute approximate surface area is 185 Å². The predicted octanol–water partition coefficient (Wildman–Crippen LogP) is 3.26. The second kappa shape index (κ2) is 14.0. The van der Waals surface area contributed by atoms with Crippen LogP contribution in [0, 0.1) is 17.8 Å². The Hall–Kier alpha value is -0.0800. The SMILES string of the molecule is CCNC(=NCC(C)CN1CCN(C)CC1)NCCC1CCCC(C)C1.I. The Morgan fingerprint density at radius 2 is 1.89 bits per heavy atom. The van der Waals surface area contributed by atoms with Crippen molar-refractivity contribution in [2.45, 2.75) is 52.9 Å². The number of likely N-dealkylation sites (N-methyl/N-ethyl adjacent to an activating group) is 1. The molecule has 1 heterocycles. The largest absolute Gasteiger partial charge is 0.357 e. The van der Waals surface area contributed by atoms with Crippen molar-refractivity contribution >= 4 is 29.9 Å². The first kappa shape index (κ1) is 25.0. The highest BCUT2D eigenvalue weighted by Gasteiger charge is 2.18. The van der Waals surface area contributed by atoms with E-state index < -0.39 is 0 Å². The summed E-state index contributed by atoms with van der Waals surface area (Å²) in [7, 11) is 2.22. The first-order valence-corrected chi connectivity index (χ1v) is 11.0. The molecular weight excluding hydrogens is 449 g/mol. The van der Waals surface area contributed by atoms with Crippen molar-refractivity contribution in [3.05, 3.63) is 0 Å². The van der Waals surface area contributed by atoms with Crippen LogP contribution in [0.5, 0.6) is 0 Å². The first-order valence-electron chi connectivity index (χ1n) is 11.0. The summed E-state index contributed by atoms with van der Waals surface area (Å²) < 4.78 is 0. The highest BCUT2D eigenvalue weighted by atomic mass is 127. The predicted molar refractivity (Wildman–Crippen MR) is 128 cm³/mol. The Balaban J connectivity index is 0.00000364. The van der Waals surface area contributed by atoms with Gasteiger partial charge in [0.25, 0.3) is 0 Å². The minimum absolute atomic E-state index is 0. The molecule has 0 radical (unpaired) electrons. The van der Waals surface area contributed by atoms with Crippen molar-refractivity contribution in [2.24, 2.45) is 22.7 Å². The summed E-state index contributed by atoms with van der Waals surface area (Å²) >= 11 is 0. The van der Waals surface area contributed by atoms with Crippen molar-refractivity contribution in [3.63, 3.8) is 0 Å². The van der Waals surface area contributed by atoms with E-state index in [1.807, 2.05) is 0 Å². The summed E-state index contributed by atoms with van der Waals surface area (Å²) in [5, 5.41) is 6.98. The quantitative estimate of drug-likeness (QED) is 0.310. The fourth-order valence-corrected chi connectivity index (χ4v) is 4.33. The molecule has 160 valence electrons. The van der Waals surface area contributed by atoms with Gasteiger partial charge < -0.3 is 20.4 Å².